The van der Waals surface area contributed by atoms with Crippen molar-refractivity contribution in [1.29, 1.82) is 5.26 Å². The average molecular weight is 788 g/mol. The monoisotopic (exact) mass is 787 g/mol. The molecule has 3 aromatic rings. The summed E-state index contributed by atoms with van der Waals surface area (Å²) in [5.74, 6) is -0.915. The van der Waals surface area contributed by atoms with Crippen LogP contribution in [0.3, 0.4) is 0 Å². The molecule has 0 aromatic heterocycles. The van der Waals surface area contributed by atoms with Crippen LogP contribution >= 0.6 is 11.6 Å². The molecule has 4 fully saturated rings. The quantitative estimate of drug-likeness (QED) is 0.300. The summed E-state index contributed by atoms with van der Waals surface area (Å²) in [5.41, 5.74) is 6.14. The number of nitrogens with one attached hydrogen (secondary N) is 2. The van der Waals surface area contributed by atoms with E-state index in [0.29, 0.717) is 58.2 Å². The third kappa shape index (κ3) is 7.16. The number of hydrogen-bond donors (Lipinski definition) is 2. The lowest BCUT2D eigenvalue weighted by Gasteiger charge is -2.47. The topological polar surface area (TPSA) is 146 Å². The highest BCUT2D eigenvalue weighted by molar-refractivity contribution is 6.32. The number of benzene rings is 3. The largest absolute Gasteiger partial charge is 0.372 e. The van der Waals surface area contributed by atoms with Gasteiger partial charge in [-0.3, -0.25) is 39.1 Å². The van der Waals surface area contributed by atoms with Crippen LogP contribution in [0.15, 0.2) is 54.6 Å². The Morgan fingerprint density at radius 1 is 0.842 bits per heavy atom. The molecule has 1 saturated carbocycles. The maximum atomic E-state index is 13.4. The van der Waals surface area contributed by atoms with Crippen molar-refractivity contribution in [1.82, 2.24) is 20.4 Å². The van der Waals surface area contributed by atoms with Gasteiger partial charge in [0, 0.05) is 74.7 Å². The van der Waals surface area contributed by atoms with E-state index in [1.54, 1.807) is 0 Å². The van der Waals surface area contributed by atoms with E-state index in [9.17, 15) is 29.2 Å². The molecule has 4 atom stereocenters. The minimum atomic E-state index is -0.959. The fourth-order valence-corrected chi connectivity index (χ4v) is 10.5. The average Bonchev–Trinajstić information content (AvgIpc) is 3.72. The summed E-state index contributed by atoms with van der Waals surface area (Å²) < 4.78 is 0. The molecule has 294 valence electrons. The number of halogens is 1. The lowest BCUT2D eigenvalue weighted by Crippen LogP contribution is -2.54. The van der Waals surface area contributed by atoms with E-state index in [2.05, 4.69) is 43.5 Å². The minimum Gasteiger partial charge on any atom is -0.372 e. The number of fused-ring (bicyclic) bond motifs is 3. The molecule has 0 bridgehead atoms. The van der Waals surface area contributed by atoms with Crippen molar-refractivity contribution in [2.24, 2.45) is 11.8 Å². The summed E-state index contributed by atoms with van der Waals surface area (Å²) in [6.07, 6.45) is 7.46. The first-order chi connectivity index (χ1) is 27.6. The molecule has 5 amide bonds. The van der Waals surface area contributed by atoms with Crippen LogP contribution in [0.5, 0.6) is 0 Å². The number of nitrogens with zero attached hydrogens (tertiary/aromatic N) is 5. The number of rotatable bonds is 7. The molecule has 1 unspecified atom stereocenters. The lowest BCUT2D eigenvalue weighted by molar-refractivity contribution is -0.136. The second-order valence-corrected chi connectivity index (χ2v) is 17.1. The molecule has 57 heavy (non-hydrogen) atoms. The fourth-order valence-electron chi connectivity index (χ4n) is 10.3. The number of carbonyl (C=O) groups excluding carboxylic acids is 5. The van der Waals surface area contributed by atoms with Gasteiger partial charge in [-0.05, 0) is 129 Å². The molecular formula is C44H46ClN7O5. The SMILES string of the molecule is N#Cc1ccc(N2CCC[C@@H]3C[C@H](NC(=O)c4ccc(N5CCC(CN6Cc7cc8c(cc7C6)C(=O)N(C6CCC(=O)NC6=O)C8=O)CC5)cc4)CC[C@H]32)cc1Cl. The van der Waals surface area contributed by atoms with Gasteiger partial charge in [0.15, 0.2) is 0 Å². The van der Waals surface area contributed by atoms with Crippen molar-refractivity contribution in [3.63, 3.8) is 0 Å². The number of hydrogen-bond acceptors (Lipinski definition) is 9. The van der Waals surface area contributed by atoms with E-state index < -0.39 is 23.8 Å². The first-order valence-electron chi connectivity index (χ1n) is 20.4. The standard InChI is InChI=1S/C44H46ClN7O5/c45-37-21-34(9-5-29(37)22-46)51-15-1-2-28-18-32(6-10-38(28)51)47-41(54)27-3-7-33(8-4-27)50-16-13-26(14-17-50)23-49-24-30-19-35-36(20-31(30)25-49)44(57)52(43(35)56)39-11-12-40(53)48-42(39)55/h3-5,7-9,19-21,26,28,32,38-39H,1-2,6,10-18,23-25H2,(H,47,54)(H,48,53,55)/t28-,32-,38-,39?/m1/s1. The number of carbonyl (C=O) groups is 5. The molecule has 3 saturated heterocycles. The second kappa shape index (κ2) is 15.3. The number of amides is 5. The highest BCUT2D eigenvalue weighted by Crippen LogP contribution is 2.39. The Hall–Kier alpha value is -5.25. The van der Waals surface area contributed by atoms with Crippen LogP contribution in [0.1, 0.15) is 106 Å². The molecular weight excluding hydrogens is 742 g/mol. The third-order valence-corrected chi connectivity index (χ3v) is 13.5. The summed E-state index contributed by atoms with van der Waals surface area (Å²) >= 11 is 6.38. The predicted molar refractivity (Wildman–Crippen MR) is 214 cm³/mol. The van der Waals surface area contributed by atoms with E-state index in [0.717, 1.165) is 98.5 Å². The van der Waals surface area contributed by atoms with Crippen LogP contribution < -0.4 is 20.4 Å². The molecule has 6 aliphatic rings. The first kappa shape index (κ1) is 37.3. The third-order valence-electron chi connectivity index (χ3n) is 13.2. The van der Waals surface area contributed by atoms with Gasteiger partial charge in [-0.2, -0.15) is 5.26 Å². The van der Waals surface area contributed by atoms with Crippen LogP contribution in [0.4, 0.5) is 11.4 Å². The van der Waals surface area contributed by atoms with Crippen LogP contribution in [0.25, 0.3) is 0 Å². The normalized spacial score (nSPS) is 25.2. The highest BCUT2D eigenvalue weighted by Gasteiger charge is 2.45. The van der Waals surface area contributed by atoms with Gasteiger partial charge in [-0.1, -0.05) is 11.6 Å². The van der Waals surface area contributed by atoms with Gasteiger partial charge in [0.2, 0.25) is 11.8 Å². The molecule has 0 radical (unpaired) electrons. The van der Waals surface area contributed by atoms with Gasteiger partial charge in [-0.25, -0.2) is 0 Å². The summed E-state index contributed by atoms with van der Waals surface area (Å²) in [6, 6.07) is 19.1. The molecule has 12 nitrogen and oxygen atoms in total. The Labute approximate surface area is 337 Å². The Morgan fingerprint density at radius 3 is 2.21 bits per heavy atom. The van der Waals surface area contributed by atoms with E-state index in [1.165, 1.54) is 0 Å². The minimum absolute atomic E-state index is 0.0209. The fraction of sp³-hybridized carbons (Fsp3) is 0.455. The molecule has 13 heteroatoms. The molecule has 9 rings (SSSR count). The van der Waals surface area contributed by atoms with E-state index >= 15 is 0 Å². The van der Waals surface area contributed by atoms with Crippen molar-refractivity contribution >= 4 is 52.5 Å². The van der Waals surface area contributed by atoms with Gasteiger partial charge < -0.3 is 15.1 Å². The van der Waals surface area contributed by atoms with Crippen molar-refractivity contribution in [2.45, 2.75) is 89.0 Å². The van der Waals surface area contributed by atoms with Gasteiger partial charge in [0.1, 0.15) is 12.1 Å². The van der Waals surface area contributed by atoms with Crippen LogP contribution in [0, 0.1) is 23.2 Å². The zero-order chi connectivity index (χ0) is 39.4. The molecule has 3 aromatic carbocycles. The van der Waals surface area contributed by atoms with E-state index in [1.807, 2.05) is 42.5 Å². The molecule has 2 N–H and O–H groups in total. The van der Waals surface area contributed by atoms with Gasteiger partial charge >= 0.3 is 0 Å². The van der Waals surface area contributed by atoms with Crippen LogP contribution in [-0.2, 0) is 22.7 Å². The summed E-state index contributed by atoms with van der Waals surface area (Å²) in [4.78, 5) is 72.3. The molecule has 5 aliphatic heterocycles. The highest BCUT2D eigenvalue weighted by atomic mass is 35.5. The number of anilines is 2. The number of imide groups is 2. The Balaban J connectivity index is 0.741. The smallest absolute Gasteiger partial charge is 0.262 e. The zero-order valence-corrected chi connectivity index (χ0v) is 32.6. The summed E-state index contributed by atoms with van der Waals surface area (Å²) in [7, 11) is 0. The molecule has 5 heterocycles. The van der Waals surface area contributed by atoms with Gasteiger partial charge in [0.25, 0.3) is 17.7 Å². The Morgan fingerprint density at radius 2 is 1.54 bits per heavy atom. The lowest BCUT2D eigenvalue weighted by atomic mass is 9.76. The van der Waals surface area contributed by atoms with Crippen molar-refractivity contribution in [3.05, 3.63) is 93.0 Å². The number of piperidine rings is 3. The maximum Gasteiger partial charge on any atom is 0.262 e. The van der Waals surface area contributed by atoms with Gasteiger partial charge in [0.05, 0.1) is 21.7 Å². The Bertz CT molecular complexity index is 2150. The van der Waals surface area contributed by atoms with Gasteiger partial charge in [-0.15, -0.1) is 0 Å². The van der Waals surface area contributed by atoms with E-state index in [4.69, 9.17) is 11.6 Å². The summed E-state index contributed by atoms with van der Waals surface area (Å²) in [5, 5.41) is 15.4. The van der Waals surface area contributed by atoms with E-state index in [-0.39, 0.29) is 30.7 Å². The zero-order valence-electron chi connectivity index (χ0n) is 31.8. The van der Waals surface area contributed by atoms with Crippen molar-refractivity contribution < 1.29 is 24.0 Å². The first-order valence-corrected chi connectivity index (χ1v) is 20.7. The number of nitriles is 1. The Kier molecular flexibility index (Phi) is 9.99. The maximum absolute atomic E-state index is 13.4. The van der Waals surface area contributed by atoms with Crippen molar-refractivity contribution in [2.75, 3.05) is 36.0 Å². The van der Waals surface area contributed by atoms with Crippen molar-refractivity contribution in [3.8, 4) is 6.07 Å². The molecule has 0 spiro atoms. The molecule has 1 aliphatic carbocycles. The second-order valence-electron chi connectivity index (χ2n) is 16.7. The van der Waals surface area contributed by atoms with Crippen LogP contribution in [0.2, 0.25) is 5.02 Å². The summed E-state index contributed by atoms with van der Waals surface area (Å²) in [6.45, 7) is 5.19. The predicted octanol–water partition coefficient (Wildman–Crippen LogP) is 5.41. The van der Waals surface area contributed by atoms with Crippen LogP contribution in [-0.4, -0.2) is 83.6 Å².